The Labute approximate surface area is 162 Å². The maximum absolute atomic E-state index is 12.1. The summed E-state index contributed by atoms with van der Waals surface area (Å²) in [7, 11) is 0. The summed E-state index contributed by atoms with van der Waals surface area (Å²) >= 11 is 5.07. The SMILES string of the molecule is CCCCC[C@H]1C[C@@H](CC(=O)NC(=S)Nc2ccc([N+](=O)[O-])cc2)C(=O)O1. The van der Waals surface area contributed by atoms with Crippen LogP contribution in [0.4, 0.5) is 11.4 Å². The van der Waals surface area contributed by atoms with Crippen LogP contribution in [-0.2, 0) is 14.3 Å². The zero-order valence-corrected chi connectivity index (χ0v) is 15.9. The summed E-state index contributed by atoms with van der Waals surface area (Å²) in [6.07, 6.45) is 4.51. The minimum absolute atomic E-state index is 0.0190. The first-order chi connectivity index (χ1) is 12.9. The molecule has 1 aliphatic heterocycles. The van der Waals surface area contributed by atoms with Crippen molar-refractivity contribution < 1.29 is 19.2 Å². The van der Waals surface area contributed by atoms with Gasteiger partial charge >= 0.3 is 5.97 Å². The molecule has 0 radical (unpaired) electrons. The minimum Gasteiger partial charge on any atom is -0.462 e. The van der Waals surface area contributed by atoms with Crippen molar-refractivity contribution in [1.82, 2.24) is 5.32 Å². The standard InChI is InChI=1S/C18H23N3O5S/c1-2-3-4-5-15-10-12(17(23)26-15)11-16(22)20-18(27)19-13-6-8-14(9-7-13)21(24)25/h6-9,12,15H,2-5,10-11H2,1H3,(H2,19,20,22,27)/t12-,15-/m0/s1. The van der Waals surface area contributed by atoms with Crippen molar-refractivity contribution in [3.05, 3.63) is 34.4 Å². The number of hydrogen-bond acceptors (Lipinski definition) is 6. The van der Waals surface area contributed by atoms with Gasteiger partial charge in [0.25, 0.3) is 5.69 Å². The maximum atomic E-state index is 12.1. The lowest BCUT2D eigenvalue weighted by atomic mass is 9.98. The van der Waals surface area contributed by atoms with Gasteiger partial charge in [-0.05, 0) is 43.6 Å². The van der Waals surface area contributed by atoms with Crippen LogP contribution in [-0.4, -0.2) is 28.0 Å². The zero-order valence-electron chi connectivity index (χ0n) is 15.1. The highest BCUT2D eigenvalue weighted by atomic mass is 32.1. The first kappa shape index (κ1) is 20.8. The summed E-state index contributed by atoms with van der Waals surface area (Å²) in [4.78, 5) is 34.2. The van der Waals surface area contributed by atoms with Gasteiger partial charge in [-0.25, -0.2) is 0 Å². The average Bonchev–Trinajstić information content (AvgIpc) is 2.94. The summed E-state index contributed by atoms with van der Waals surface area (Å²) in [5, 5.41) is 16.0. The van der Waals surface area contributed by atoms with E-state index >= 15 is 0 Å². The molecule has 1 saturated heterocycles. The fourth-order valence-electron chi connectivity index (χ4n) is 2.92. The molecule has 0 bridgehead atoms. The van der Waals surface area contributed by atoms with Crippen LogP contribution in [0.2, 0.25) is 0 Å². The summed E-state index contributed by atoms with van der Waals surface area (Å²) in [6.45, 7) is 2.11. The van der Waals surface area contributed by atoms with Crippen molar-refractivity contribution in [3.8, 4) is 0 Å². The Kier molecular flexibility index (Phi) is 7.66. The van der Waals surface area contributed by atoms with Crippen LogP contribution in [0.3, 0.4) is 0 Å². The van der Waals surface area contributed by atoms with Gasteiger partial charge in [-0.15, -0.1) is 0 Å². The normalized spacial score (nSPS) is 18.6. The summed E-state index contributed by atoms with van der Waals surface area (Å²) in [5.41, 5.74) is 0.478. The number of amides is 1. The number of anilines is 1. The lowest BCUT2D eigenvalue weighted by Crippen LogP contribution is -2.35. The van der Waals surface area contributed by atoms with Gasteiger partial charge in [-0.3, -0.25) is 19.7 Å². The Morgan fingerprint density at radius 3 is 2.67 bits per heavy atom. The first-order valence-corrected chi connectivity index (χ1v) is 9.35. The topological polar surface area (TPSA) is 111 Å². The van der Waals surface area contributed by atoms with Gasteiger partial charge in [0.2, 0.25) is 5.91 Å². The quantitative estimate of drug-likeness (QED) is 0.229. The van der Waals surface area contributed by atoms with Gasteiger partial charge in [0, 0.05) is 24.2 Å². The van der Waals surface area contributed by atoms with E-state index in [0.717, 1.165) is 25.7 Å². The number of carbonyl (C=O) groups excluding carboxylic acids is 2. The van der Waals surface area contributed by atoms with Gasteiger partial charge in [0.15, 0.2) is 5.11 Å². The van der Waals surface area contributed by atoms with Crippen molar-refractivity contribution in [2.45, 2.75) is 51.6 Å². The second-order valence-corrected chi connectivity index (χ2v) is 6.91. The molecule has 0 aromatic heterocycles. The van der Waals surface area contributed by atoms with E-state index in [1.165, 1.54) is 24.3 Å². The first-order valence-electron chi connectivity index (χ1n) is 8.94. The van der Waals surface area contributed by atoms with Gasteiger partial charge in [-0.1, -0.05) is 19.8 Å². The molecule has 1 aromatic rings. The van der Waals surface area contributed by atoms with Crippen molar-refractivity contribution in [3.63, 3.8) is 0 Å². The lowest BCUT2D eigenvalue weighted by Gasteiger charge is -2.10. The lowest BCUT2D eigenvalue weighted by molar-refractivity contribution is -0.384. The average molecular weight is 393 g/mol. The number of benzene rings is 1. The number of nitrogens with zero attached hydrogens (tertiary/aromatic N) is 1. The number of thiocarbonyl (C=S) groups is 1. The zero-order chi connectivity index (χ0) is 19.8. The third-order valence-electron chi connectivity index (χ3n) is 4.31. The molecule has 8 nitrogen and oxygen atoms in total. The van der Waals surface area contributed by atoms with E-state index in [0.29, 0.717) is 12.1 Å². The predicted molar refractivity (Wildman–Crippen MR) is 104 cm³/mol. The largest absolute Gasteiger partial charge is 0.462 e. The van der Waals surface area contributed by atoms with Gasteiger partial charge in [-0.2, -0.15) is 0 Å². The summed E-state index contributed by atoms with van der Waals surface area (Å²) in [5.74, 6) is -1.15. The maximum Gasteiger partial charge on any atom is 0.309 e. The van der Waals surface area contributed by atoms with Crippen molar-refractivity contribution in [2.75, 3.05) is 5.32 Å². The van der Waals surface area contributed by atoms with E-state index in [9.17, 15) is 19.7 Å². The molecule has 1 heterocycles. The second-order valence-electron chi connectivity index (χ2n) is 6.50. The number of nitro groups is 1. The Bertz CT molecular complexity index is 707. The smallest absolute Gasteiger partial charge is 0.309 e. The number of ether oxygens (including phenoxy) is 1. The van der Waals surface area contributed by atoms with Crippen LogP contribution in [0, 0.1) is 16.0 Å². The number of unbranched alkanes of at least 4 members (excludes halogenated alkanes) is 2. The fraction of sp³-hybridized carbons (Fsp3) is 0.500. The third-order valence-corrected chi connectivity index (χ3v) is 4.52. The molecule has 1 amide bonds. The Balaban J connectivity index is 1.77. The Morgan fingerprint density at radius 1 is 1.33 bits per heavy atom. The minimum atomic E-state index is -0.500. The van der Waals surface area contributed by atoms with Crippen molar-refractivity contribution in [1.29, 1.82) is 0 Å². The van der Waals surface area contributed by atoms with E-state index in [2.05, 4.69) is 17.6 Å². The van der Waals surface area contributed by atoms with Crippen LogP contribution < -0.4 is 10.6 Å². The number of hydrogen-bond donors (Lipinski definition) is 2. The molecule has 0 spiro atoms. The highest BCUT2D eigenvalue weighted by Gasteiger charge is 2.35. The summed E-state index contributed by atoms with van der Waals surface area (Å²) in [6, 6.07) is 5.65. The Morgan fingerprint density at radius 2 is 2.04 bits per heavy atom. The Hall–Kier alpha value is -2.55. The number of carbonyl (C=O) groups is 2. The van der Waals surface area contributed by atoms with E-state index in [1.807, 2.05) is 0 Å². The molecule has 0 saturated carbocycles. The van der Waals surface area contributed by atoms with Crippen LogP contribution in [0.25, 0.3) is 0 Å². The molecule has 1 aromatic carbocycles. The molecule has 2 rings (SSSR count). The molecular weight excluding hydrogens is 370 g/mol. The predicted octanol–water partition coefficient (Wildman–Crippen LogP) is 3.31. The van der Waals surface area contributed by atoms with Crippen LogP contribution in [0.15, 0.2) is 24.3 Å². The summed E-state index contributed by atoms with van der Waals surface area (Å²) < 4.78 is 5.33. The second kappa shape index (κ2) is 9.96. The van der Waals surface area contributed by atoms with Gasteiger partial charge in [0.1, 0.15) is 6.10 Å². The van der Waals surface area contributed by atoms with Crippen LogP contribution >= 0.6 is 12.2 Å². The molecule has 2 atom stereocenters. The molecule has 9 heteroatoms. The monoisotopic (exact) mass is 393 g/mol. The number of rotatable bonds is 8. The van der Waals surface area contributed by atoms with E-state index < -0.39 is 10.8 Å². The van der Waals surface area contributed by atoms with Crippen molar-refractivity contribution in [2.24, 2.45) is 5.92 Å². The van der Waals surface area contributed by atoms with Crippen molar-refractivity contribution >= 4 is 40.6 Å². The number of non-ortho nitro benzene ring substituents is 1. The molecule has 1 aliphatic rings. The molecule has 1 fully saturated rings. The van der Waals surface area contributed by atoms with Gasteiger partial charge in [0.05, 0.1) is 10.8 Å². The number of cyclic esters (lactones) is 1. The van der Waals surface area contributed by atoms with E-state index in [1.54, 1.807) is 0 Å². The number of nitro benzene ring substituents is 1. The molecule has 2 N–H and O–H groups in total. The molecular formula is C18H23N3O5S. The van der Waals surface area contributed by atoms with E-state index in [4.69, 9.17) is 17.0 Å². The molecule has 146 valence electrons. The van der Waals surface area contributed by atoms with Crippen LogP contribution in [0.1, 0.15) is 45.4 Å². The number of nitrogens with one attached hydrogen (secondary N) is 2. The molecule has 0 unspecified atom stereocenters. The van der Waals surface area contributed by atoms with Crippen LogP contribution in [0.5, 0.6) is 0 Å². The highest BCUT2D eigenvalue weighted by Crippen LogP contribution is 2.27. The molecule has 0 aliphatic carbocycles. The van der Waals surface area contributed by atoms with E-state index in [-0.39, 0.29) is 35.2 Å². The van der Waals surface area contributed by atoms with Gasteiger partial charge < -0.3 is 15.4 Å². The fourth-order valence-corrected chi connectivity index (χ4v) is 3.15. The number of esters is 1. The highest BCUT2D eigenvalue weighted by molar-refractivity contribution is 7.80. The molecule has 27 heavy (non-hydrogen) atoms. The third kappa shape index (κ3) is 6.59.